The van der Waals surface area contributed by atoms with E-state index in [-0.39, 0.29) is 11.8 Å². The monoisotopic (exact) mass is 386 g/mol. The Hall–Kier alpha value is -3.14. The summed E-state index contributed by atoms with van der Waals surface area (Å²) in [6.45, 7) is 4.96. The normalized spacial score (nSPS) is 12.6. The number of hydrogen-bond donors (Lipinski definition) is 1. The molecular formula is C25H26N2O2. The highest BCUT2D eigenvalue weighted by Gasteiger charge is 2.30. The number of hydrogen-bond acceptors (Lipinski definition) is 2. The molecule has 0 saturated carbocycles. The molecule has 0 unspecified atom stereocenters. The van der Waals surface area contributed by atoms with Crippen molar-refractivity contribution in [3.63, 3.8) is 0 Å². The zero-order valence-corrected chi connectivity index (χ0v) is 17.0. The number of unbranched alkanes of at least 4 members (excludes halogenated alkanes) is 1. The third kappa shape index (κ3) is 3.63. The van der Waals surface area contributed by atoms with Gasteiger partial charge in [-0.3, -0.25) is 9.59 Å². The highest BCUT2D eigenvalue weighted by Crippen LogP contribution is 2.40. The molecule has 1 N–H and O–H groups in total. The summed E-state index contributed by atoms with van der Waals surface area (Å²) < 4.78 is 0. The molecule has 4 heteroatoms. The van der Waals surface area contributed by atoms with E-state index >= 15 is 0 Å². The van der Waals surface area contributed by atoms with Gasteiger partial charge in [0.15, 0.2) is 0 Å². The minimum Gasteiger partial charge on any atom is -0.325 e. The average Bonchev–Trinajstić information content (AvgIpc) is 3.01. The van der Waals surface area contributed by atoms with Crippen molar-refractivity contribution in [2.24, 2.45) is 0 Å². The van der Waals surface area contributed by atoms with Gasteiger partial charge in [0, 0.05) is 28.6 Å². The number of amides is 2. The highest BCUT2D eigenvalue weighted by atomic mass is 16.2. The molecule has 1 aliphatic heterocycles. The Bertz CT molecular complexity index is 1070. The smallest absolute Gasteiger partial charge is 0.258 e. The van der Waals surface area contributed by atoms with Crippen LogP contribution < -0.4 is 10.2 Å². The zero-order chi connectivity index (χ0) is 20.4. The Balaban J connectivity index is 1.60. The van der Waals surface area contributed by atoms with E-state index in [1.54, 1.807) is 0 Å². The molecule has 1 heterocycles. The van der Waals surface area contributed by atoms with Crippen LogP contribution in [0.15, 0.2) is 54.6 Å². The van der Waals surface area contributed by atoms with Gasteiger partial charge in [-0.15, -0.1) is 0 Å². The maximum absolute atomic E-state index is 12.8. The number of benzene rings is 3. The molecule has 0 atom stereocenters. The van der Waals surface area contributed by atoms with Crippen molar-refractivity contribution in [3.05, 3.63) is 71.3 Å². The molecule has 4 nitrogen and oxygen atoms in total. The summed E-state index contributed by atoms with van der Waals surface area (Å²) in [5.74, 6) is 0.000606. The Kier molecular flexibility index (Phi) is 5.34. The molecule has 0 saturated heterocycles. The Morgan fingerprint density at radius 2 is 1.72 bits per heavy atom. The molecule has 0 aromatic heterocycles. The van der Waals surface area contributed by atoms with E-state index in [1.165, 1.54) is 5.56 Å². The van der Waals surface area contributed by atoms with Gasteiger partial charge in [-0.05, 0) is 42.2 Å². The first-order valence-electron chi connectivity index (χ1n) is 10.4. The average molecular weight is 386 g/mol. The van der Waals surface area contributed by atoms with E-state index in [9.17, 15) is 9.59 Å². The summed E-state index contributed by atoms with van der Waals surface area (Å²) in [7, 11) is 0. The number of nitrogens with zero attached hydrogens (tertiary/aromatic N) is 1. The zero-order valence-electron chi connectivity index (χ0n) is 17.0. The van der Waals surface area contributed by atoms with Crippen LogP contribution in [0, 0.1) is 0 Å². The number of anilines is 2. The SMILES string of the molecule is CCCCN1C(=O)c2cccc3c(NC(=O)Cc4ccc(CC)cc4)ccc1c23. The number of carbonyl (C=O) groups excluding carboxylic acids is 2. The summed E-state index contributed by atoms with van der Waals surface area (Å²) in [6, 6.07) is 17.8. The molecule has 1 aliphatic rings. The predicted molar refractivity (Wildman–Crippen MR) is 119 cm³/mol. The van der Waals surface area contributed by atoms with Crippen molar-refractivity contribution in [1.29, 1.82) is 0 Å². The fraction of sp³-hybridized carbons (Fsp3) is 0.280. The van der Waals surface area contributed by atoms with Crippen LogP contribution in [0.1, 0.15) is 48.2 Å². The summed E-state index contributed by atoms with van der Waals surface area (Å²) >= 11 is 0. The maximum Gasteiger partial charge on any atom is 0.258 e. The van der Waals surface area contributed by atoms with Crippen LogP contribution >= 0.6 is 0 Å². The molecular weight excluding hydrogens is 360 g/mol. The van der Waals surface area contributed by atoms with Crippen LogP contribution in [-0.2, 0) is 17.6 Å². The van der Waals surface area contributed by atoms with Crippen molar-refractivity contribution in [2.45, 2.75) is 39.5 Å². The minimum absolute atomic E-state index is 0.0536. The first kappa shape index (κ1) is 19.2. The lowest BCUT2D eigenvalue weighted by atomic mass is 10.0. The Labute approximate surface area is 171 Å². The summed E-state index contributed by atoms with van der Waals surface area (Å²) in [6.07, 6.45) is 3.32. The predicted octanol–water partition coefficient (Wildman–Crippen LogP) is 5.34. The van der Waals surface area contributed by atoms with E-state index in [1.807, 2.05) is 47.4 Å². The molecule has 2 amide bonds. The van der Waals surface area contributed by atoms with E-state index in [0.717, 1.165) is 59.1 Å². The number of rotatable bonds is 7. The summed E-state index contributed by atoms with van der Waals surface area (Å²) in [4.78, 5) is 27.4. The molecule has 0 spiro atoms. The van der Waals surface area contributed by atoms with Crippen molar-refractivity contribution in [3.8, 4) is 0 Å². The van der Waals surface area contributed by atoms with Gasteiger partial charge in [0.05, 0.1) is 12.1 Å². The van der Waals surface area contributed by atoms with Crippen molar-refractivity contribution in [1.82, 2.24) is 0 Å². The summed E-state index contributed by atoms with van der Waals surface area (Å²) in [5, 5.41) is 4.91. The fourth-order valence-electron chi connectivity index (χ4n) is 3.97. The number of nitrogens with one attached hydrogen (secondary N) is 1. The molecule has 148 valence electrons. The molecule has 0 radical (unpaired) electrons. The van der Waals surface area contributed by atoms with Crippen LogP contribution in [0.5, 0.6) is 0 Å². The van der Waals surface area contributed by atoms with E-state index in [4.69, 9.17) is 0 Å². The quantitative estimate of drug-likeness (QED) is 0.595. The first-order chi connectivity index (χ1) is 14.1. The van der Waals surface area contributed by atoms with Crippen molar-refractivity contribution < 1.29 is 9.59 Å². The largest absolute Gasteiger partial charge is 0.325 e. The second kappa shape index (κ2) is 8.08. The third-order valence-electron chi connectivity index (χ3n) is 5.59. The van der Waals surface area contributed by atoms with Crippen molar-refractivity contribution in [2.75, 3.05) is 16.8 Å². The van der Waals surface area contributed by atoms with Gasteiger partial charge in [0.25, 0.3) is 5.91 Å². The van der Waals surface area contributed by atoms with Gasteiger partial charge in [0.1, 0.15) is 0 Å². The third-order valence-corrected chi connectivity index (χ3v) is 5.59. The lowest BCUT2D eigenvalue weighted by molar-refractivity contribution is -0.115. The molecule has 0 aliphatic carbocycles. The first-order valence-corrected chi connectivity index (χ1v) is 10.4. The van der Waals surface area contributed by atoms with Gasteiger partial charge in [-0.2, -0.15) is 0 Å². The second-order valence-electron chi connectivity index (χ2n) is 7.57. The van der Waals surface area contributed by atoms with E-state index in [2.05, 4.69) is 31.3 Å². The minimum atomic E-state index is -0.0536. The molecule has 0 fully saturated rings. The Morgan fingerprint density at radius 1 is 0.966 bits per heavy atom. The number of carbonyl (C=O) groups is 2. The van der Waals surface area contributed by atoms with Gasteiger partial charge in [-0.1, -0.05) is 56.7 Å². The number of aryl methyl sites for hydroxylation is 1. The lowest BCUT2D eigenvalue weighted by Crippen LogP contribution is -2.27. The van der Waals surface area contributed by atoms with Crippen LogP contribution in [0.2, 0.25) is 0 Å². The highest BCUT2D eigenvalue weighted by molar-refractivity contribution is 6.27. The maximum atomic E-state index is 12.8. The van der Waals surface area contributed by atoms with Gasteiger partial charge in [0.2, 0.25) is 5.91 Å². The van der Waals surface area contributed by atoms with Gasteiger partial charge in [-0.25, -0.2) is 0 Å². The summed E-state index contributed by atoms with van der Waals surface area (Å²) in [5.41, 5.74) is 4.68. The molecule has 29 heavy (non-hydrogen) atoms. The van der Waals surface area contributed by atoms with Crippen LogP contribution in [0.3, 0.4) is 0 Å². The van der Waals surface area contributed by atoms with Crippen LogP contribution in [0.4, 0.5) is 11.4 Å². The second-order valence-corrected chi connectivity index (χ2v) is 7.57. The van der Waals surface area contributed by atoms with Crippen molar-refractivity contribution >= 4 is 34.0 Å². The Morgan fingerprint density at radius 3 is 2.45 bits per heavy atom. The van der Waals surface area contributed by atoms with Crippen LogP contribution in [0.25, 0.3) is 10.8 Å². The lowest BCUT2D eigenvalue weighted by Gasteiger charge is -2.17. The fourth-order valence-corrected chi connectivity index (χ4v) is 3.97. The van der Waals surface area contributed by atoms with Gasteiger partial charge < -0.3 is 10.2 Å². The molecule has 3 aromatic carbocycles. The van der Waals surface area contributed by atoms with Gasteiger partial charge >= 0.3 is 0 Å². The molecule has 0 bridgehead atoms. The molecule has 3 aromatic rings. The standard InChI is InChI=1S/C25H26N2O2/c1-3-5-15-27-22-14-13-21(19-7-6-8-20(24(19)22)25(27)29)26-23(28)16-18-11-9-17(4-2)10-12-18/h6-14H,3-5,15-16H2,1-2H3,(H,26,28). The topological polar surface area (TPSA) is 49.4 Å². The van der Waals surface area contributed by atoms with E-state index < -0.39 is 0 Å². The molecule has 4 rings (SSSR count). The van der Waals surface area contributed by atoms with E-state index in [0.29, 0.717) is 6.42 Å². The van der Waals surface area contributed by atoms with Crippen LogP contribution in [-0.4, -0.2) is 18.4 Å².